The van der Waals surface area contributed by atoms with E-state index in [0.29, 0.717) is 17.9 Å². The van der Waals surface area contributed by atoms with Crippen LogP contribution in [0.2, 0.25) is 0 Å². The molecule has 1 aromatic heterocycles. The van der Waals surface area contributed by atoms with E-state index in [9.17, 15) is 24.3 Å². The lowest BCUT2D eigenvalue weighted by molar-refractivity contribution is -0.141. The Morgan fingerprint density at radius 2 is 1.72 bits per heavy atom. The van der Waals surface area contributed by atoms with Crippen molar-refractivity contribution in [3.63, 3.8) is 0 Å². The van der Waals surface area contributed by atoms with Gasteiger partial charge in [0.25, 0.3) is 0 Å². The number of nitrogens with two attached hydrogens (primary N) is 3. The normalized spacial score (nSPS) is 14.1. The van der Waals surface area contributed by atoms with Gasteiger partial charge in [0.1, 0.15) is 18.1 Å². The van der Waals surface area contributed by atoms with Crippen LogP contribution in [0, 0.1) is 0 Å². The Morgan fingerprint density at radius 3 is 2.25 bits per heavy atom. The first-order valence-electron chi connectivity index (χ1n) is 11.1. The van der Waals surface area contributed by atoms with Gasteiger partial charge in [-0.3, -0.25) is 19.4 Å². The minimum atomic E-state index is -1.26. The molecule has 0 bridgehead atoms. The number of thiol groups is 1. The summed E-state index contributed by atoms with van der Waals surface area (Å²) in [5.74, 6) is -2.83. The van der Waals surface area contributed by atoms with Gasteiger partial charge in [0, 0.05) is 30.6 Å². The molecule has 0 aliphatic rings. The number of hydrogen-bond donors (Lipinski definition) is 9. The first kappa shape index (κ1) is 31.1. The van der Waals surface area contributed by atoms with Crippen molar-refractivity contribution in [1.29, 1.82) is 0 Å². The Labute approximate surface area is 218 Å². The number of carbonyl (C=O) groups excluding carboxylic acids is 3. The number of H-pyrrole nitrogens is 1. The van der Waals surface area contributed by atoms with Gasteiger partial charge in [-0.25, -0.2) is 9.78 Å². The number of thioether (sulfide) groups is 1. The van der Waals surface area contributed by atoms with Crippen molar-refractivity contribution in [2.24, 2.45) is 22.2 Å². The van der Waals surface area contributed by atoms with E-state index in [-0.39, 0.29) is 37.5 Å². The first-order valence-corrected chi connectivity index (χ1v) is 13.1. The molecular formula is C20H35N9O5S2. The van der Waals surface area contributed by atoms with Crippen LogP contribution in [-0.2, 0) is 25.6 Å². The maximum Gasteiger partial charge on any atom is 0.327 e. The second kappa shape index (κ2) is 16.6. The fraction of sp³-hybridized carbons (Fsp3) is 0.600. The number of hydrogen-bond acceptors (Lipinski definition) is 9. The van der Waals surface area contributed by atoms with Gasteiger partial charge in [-0.1, -0.05) is 0 Å². The zero-order valence-corrected chi connectivity index (χ0v) is 21.7. The summed E-state index contributed by atoms with van der Waals surface area (Å²) in [5.41, 5.74) is 17.3. The summed E-state index contributed by atoms with van der Waals surface area (Å²) >= 11 is 5.42. The van der Waals surface area contributed by atoms with E-state index in [0.717, 1.165) is 0 Å². The predicted octanol–water partition coefficient (Wildman–Crippen LogP) is -2.44. The number of rotatable bonds is 17. The molecule has 0 saturated heterocycles. The molecule has 36 heavy (non-hydrogen) atoms. The van der Waals surface area contributed by atoms with Crippen molar-refractivity contribution in [1.82, 2.24) is 25.9 Å². The average Bonchev–Trinajstić information content (AvgIpc) is 3.34. The summed E-state index contributed by atoms with van der Waals surface area (Å²) in [6.45, 7) is 0.200. The van der Waals surface area contributed by atoms with Crippen LogP contribution in [0.3, 0.4) is 0 Å². The van der Waals surface area contributed by atoms with Crippen molar-refractivity contribution in [3.05, 3.63) is 18.2 Å². The lowest BCUT2D eigenvalue weighted by atomic mass is 10.1. The topological polar surface area (TPSA) is 244 Å². The molecule has 14 nitrogen and oxygen atoms in total. The average molecular weight is 546 g/mol. The summed E-state index contributed by atoms with van der Waals surface area (Å²) < 4.78 is 0. The van der Waals surface area contributed by atoms with Crippen LogP contribution in [0.25, 0.3) is 0 Å². The fourth-order valence-electron chi connectivity index (χ4n) is 3.01. The Morgan fingerprint density at radius 1 is 1.11 bits per heavy atom. The number of aromatic nitrogens is 2. The van der Waals surface area contributed by atoms with Crippen molar-refractivity contribution in [2.45, 2.75) is 49.9 Å². The monoisotopic (exact) mass is 545 g/mol. The third-order valence-corrected chi connectivity index (χ3v) is 5.96. The van der Waals surface area contributed by atoms with Crippen LogP contribution in [0.1, 0.15) is 25.0 Å². The Balaban J connectivity index is 2.93. The van der Waals surface area contributed by atoms with Crippen LogP contribution in [-0.4, -0.2) is 93.2 Å². The van der Waals surface area contributed by atoms with Gasteiger partial charge < -0.3 is 43.2 Å². The summed E-state index contributed by atoms with van der Waals surface area (Å²) in [6, 6.07) is -4.24. The molecule has 0 radical (unpaired) electrons. The lowest BCUT2D eigenvalue weighted by Gasteiger charge is -2.25. The van der Waals surface area contributed by atoms with Gasteiger partial charge in [-0.2, -0.15) is 24.4 Å². The lowest BCUT2D eigenvalue weighted by Crippen LogP contribution is -2.57. The summed E-state index contributed by atoms with van der Waals surface area (Å²) in [7, 11) is 0. The van der Waals surface area contributed by atoms with Gasteiger partial charge in [0.05, 0.1) is 12.4 Å². The maximum atomic E-state index is 13.1. The highest BCUT2D eigenvalue weighted by Gasteiger charge is 2.29. The molecule has 4 atom stereocenters. The highest BCUT2D eigenvalue weighted by atomic mass is 32.2. The number of carbonyl (C=O) groups is 4. The van der Waals surface area contributed by atoms with Gasteiger partial charge in [-0.15, -0.1) is 0 Å². The Kier molecular flexibility index (Phi) is 14.4. The Hall–Kier alpha value is -2.98. The molecule has 4 unspecified atom stereocenters. The molecule has 0 aliphatic heterocycles. The molecule has 0 saturated carbocycles. The number of nitrogens with one attached hydrogen (secondary N) is 4. The standard InChI is InChI=1S/C20H35N9O5S2/c1-36-6-4-14(27-16(30)12(21)7-11-8-24-10-26-11)18(32)28-13(3-2-5-25-20(22)23)17(31)29-15(9-35)19(33)34/h8,10,12-15,35H,2-7,9,21H2,1H3,(H,24,26)(H,27,30)(H,28,32)(H,29,31)(H,33,34)(H4,22,23,25). The highest BCUT2D eigenvalue weighted by Crippen LogP contribution is 2.06. The predicted molar refractivity (Wildman–Crippen MR) is 140 cm³/mol. The Bertz CT molecular complexity index is 881. The van der Waals surface area contributed by atoms with E-state index in [1.54, 1.807) is 6.20 Å². The van der Waals surface area contributed by atoms with Gasteiger partial charge in [-0.05, 0) is 31.3 Å². The van der Waals surface area contributed by atoms with E-state index in [4.69, 9.17) is 17.2 Å². The quantitative estimate of drug-likeness (QED) is 0.0433. The third-order valence-electron chi connectivity index (χ3n) is 4.95. The maximum absolute atomic E-state index is 13.1. The van der Waals surface area contributed by atoms with Crippen LogP contribution in [0.15, 0.2) is 17.5 Å². The molecule has 0 aromatic carbocycles. The smallest absolute Gasteiger partial charge is 0.327 e. The molecule has 0 aliphatic carbocycles. The molecule has 1 heterocycles. The second-order valence-electron chi connectivity index (χ2n) is 7.82. The molecule has 0 spiro atoms. The van der Waals surface area contributed by atoms with Crippen LogP contribution < -0.4 is 33.2 Å². The zero-order chi connectivity index (χ0) is 27.1. The number of guanidine groups is 1. The first-order chi connectivity index (χ1) is 17.1. The summed E-state index contributed by atoms with van der Waals surface area (Å²) in [4.78, 5) is 60.4. The molecule has 0 fully saturated rings. The van der Waals surface area contributed by atoms with Crippen molar-refractivity contribution in [3.8, 4) is 0 Å². The molecule has 11 N–H and O–H groups in total. The van der Waals surface area contributed by atoms with Gasteiger partial charge in [0.2, 0.25) is 17.7 Å². The number of carboxylic acids is 1. The summed E-state index contributed by atoms with van der Waals surface area (Å²) in [5, 5.41) is 16.8. The molecule has 3 amide bonds. The highest BCUT2D eigenvalue weighted by molar-refractivity contribution is 7.98. The van der Waals surface area contributed by atoms with Gasteiger partial charge >= 0.3 is 5.97 Å². The minimum Gasteiger partial charge on any atom is -0.480 e. The van der Waals surface area contributed by atoms with Crippen LogP contribution in [0.4, 0.5) is 0 Å². The van der Waals surface area contributed by atoms with E-state index >= 15 is 0 Å². The molecule has 16 heteroatoms. The number of aliphatic imine (C=N–C) groups is 1. The molecule has 1 rings (SSSR count). The summed E-state index contributed by atoms with van der Waals surface area (Å²) in [6.07, 6.45) is 5.79. The molecule has 202 valence electrons. The van der Waals surface area contributed by atoms with E-state index in [1.165, 1.54) is 18.1 Å². The largest absolute Gasteiger partial charge is 0.480 e. The SMILES string of the molecule is CSCCC(NC(=O)C(N)Cc1cnc[nH]1)C(=O)NC(CCCN=C(N)N)C(=O)NC(CS)C(=O)O. The molecular weight excluding hydrogens is 510 g/mol. The van der Waals surface area contributed by atoms with Crippen molar-refractivity contribution in [2.75, 3.05) is 24.3 Å². The van der Waals surface area contributed by atoms with Crippen molar-refractivity contribution < 1.29 is 24.3 Å². The van der Waals surface area contributed by atoms with Crippen LogP contribution in [0.5, 0.6) is 0 Å². The van der Waals surface area contributed by atoms with E-state index < -0.39 is 47.9 Å². The number of aromatic amines is 1. The second-order valence-corrected chi connectivity index (χ2v) is 9.17. The van der Waals surface area contributed by atoms with Gasteiger partial charge in [0.15, 0.2) is 5.96 Å². The zero-order valence-electron chi connectivity index (χ0n) is 20.0. The molecule has 1 aromatic rings. The van der Waals surface area contributed by atoms with Crippen molar-refractivity contribution >= 4 is 54.0 Å². The number of amides is 3. The minimum absolute atomic E-state index is 0.118. The third kappa shape index (κ3) is 11.6. The fourth-order valence-corrected chi connectivity index (χ4v) is 3.73. The number of nitrogens with zero attached hydrogens (tertiary/aromatic N) is 2. The number of imidazole rings is 1. The number of aliphatic carboxylic acids is 1. The van der Waals surface area contributed by atoms with E-state index in [2.05, 4.69) is 43.5 Å². The number of carboxylic acid groups (broad SMARTS) is 1. The van der Waals surface area contributed by atoms with Crippen LogP contribution >= 0.6 is 24.4 Å². The van der Waals surface area contributed by atoms with E-state index in [1.807, 2.05) is 6.26 Å².